The Kier molecular flexibility index (Phi) is 5.46. The van der Waals surface area contributed by atoms with E-state index in [0.29, 0.717) is 11.3 Å². The topological polar surface area (TPSA) is 41.1 Å². The van der Waals surface area contributed by atoms with E-state index in [1.807, 2.05) is 60.0 Å². The number of hydrogen-bond donors (Lipinski definition) is 2. The van der Waals surface area contributed by atoms with Gasteiger partial charge in [0, 0.05) is 27.3 Å². The molecule has 29 heavy (non-hydrogen) atoms. The van der Waals surface area contributed by atoms with E-state index in [9.17, 15) is 4.79 Å². The maximum Gasteiger partial charge on any atom is 0.256 e. The number of thiophene rings is 1. The number of fused-ring (bicyclic) bond motifs is 1. The molecule has 0 aliphatic heterocycles. The van der Waals surface area contributed by atoms with Crippen LogP contribution in [0, 0.1) is 11.3 Å². The summed E-state index contributed by atoms with van der Waals surface area (Å²) in [6, 6.07) is 17.9. The fourth-order valence-electron chi connectivity index (χ4n) is 3.97. The number of rotatable bonds is 4. The van der Waals surface area contributed by atoms with Crippen LogP contribution in [0.5, 0.6) is 0 Å². The van der Waals surface area contributed by atoms with Crippen molar-refractivity contribution in [2.24, 2.45) is 11.3 Å². The third kappa shape index (κ3) is 4.54. The van der Waals surface area contributed by atoms with Crippen molar-refractivity contribution >= 4 is 34.3 Å². The number of amides is 1. The van der Waals surface area contributed by atoms with E-state index in [1.165, 1.54) is 10.4 Å². The van der Waals surface area contributed by atoms with Gasteiger partial charge in [-0.15, -0.1) is 11.3 Å². The van der Waals surface area contributed by atoms with Gasteiger partial charge in [-0.25, -0.2) is 0 Å². The molecule has 0 fully saturated rings. The summed E-state index contributed by atoms with van der Waals surface area (Å²) >= 11 is 1.74. The first-order chi connectivity index (χ1) is 13.9. The van der Waals surface area contributed by atoms with Crippen molar-refractivity contribution in [3.05, 3.63) is 76.0 Å². The molecular weight excluding hydrogens is 376 g/mol. The number of carbonyl (C=O) groups excluding carboxylic acids is 1. The zero-order valence-electron chi connectivity index (χ0n) is 17.3. The second-order valence-corrected chi connectivity index (χ2v) is 9.84. The molecule has 1 aliphatic carbocycles. The van der Waals surface area contributed by atoms with Gasteiger partial charge in [-0.3, -0.25) is 4.79 Å². The van der Waals surface area contributed by atoms with Crippen molar-refractivity contribution in [2.45, 2.75) is 40.0 Å². The van der Waals surface area contributed by atoms with Crippen molar-refractivity contribution in [3.63, 3.8) is 0 Å². The van der Waals surface area contributed by atoms with Gasteiger partial charge in [0.15, 0.2) is 0 Å². The van der Waals surface area contributed by atoms with Crippen molar-refractivity contribution in [1.29, 1.82) is 0 Å². The molecule has 4 heteroatoms. The van der Waals surface area contributed by atoms with Crippen LogP contribution in [-0.2, 0) is 12.8 Å². The Morgan fingerprint density at radius 2 is 1.62 bits per heavy atom. The second kappa shape index (κ2) is 8.03. The van der Waals surface area contributed by atoms with Crippen LogP contribution in [-0.4, -0.2) is 5.91 Å². The summed E-state index contributed by atoms with van der Waals surface area (Å²) in [5.41, 5.74) is 5.29. The van der Waals surface area contributed by atoms with Gasteiger partial charge in [-0.1, -0.05) is 39.0 Å². The lowest BCUT2D eigenvalue weighted by atomic mass is 9.72. The van der Waals surface area contributed by atoms with E-state index in [-0.39, 0.29) is 5.91 Å². The maximum atomic E-state index is 12.9. The highest BCUT2D eigenvalue weighted by atomic mass is 32.1. The monoisotopic (exact) mass is 404 g/mol. The van der Waals surface area contributed by atoms with E-state index in [1.54, 1.807) is 11.3 Å². The molecule has 2 aromatic carbocycles. The summed E-state index contributed by atoms with van der Waals surface area (Å²) in [5.74, 6) is 0.690. The Morgan fingerprint density at radius 1 is 0.966 bits per heavy atom. The van der Waals surface area contributed by atoms with E-state index in [4.69, 9.17) is 0 Å². The molecule has 0 saturated carbocycles. The summed E-state index contributed by atoms with van der Waals surface area (Å²) in [4.78, 5) is 14.3. The summed E-state index contributed by atoms with van der Waals surface area (Å²) in [5, 5.41) is 8.46. The molecule has 2 N–H and O–H groups in total. The van der Waals surface area contributed by atoms with Gasteiger partial charge >= 0.3 is 0 Å². The van der Waals surface area contributed by atoms with Crippen LogP contribution >= 0.6 is 11.3 Å². The molecule has 0 radical (unpaired) electrons. The molecule has 150 valence electrons. The van der Waals surface area contributed by atoms with Crippen molar-refractivity contribution in [3.8, 4) is 0 Å². The number of carbonyl (C=O) groups is 1. The van der Waals surface area contributed by atoms with E-state index in [2.05, 4.69) is 31.4 Å². The van der Waals surface area contributed by atoms with Crippen molar-refractivity contribution in [1.82, 2.24) is 0 Å². The van der Waals surface area contributed by atoms with Crippen LogP contribution in [0.15, 0.2) is 60.0 Å². The van der Waals surface area contributed by atoms with Crippen LogP contribution in [0.2, 0.25) is 0 Å². The van der Waals surface area contributed by atoms with Crippen LogP contribution in [0.3, 0.4) is 0 Å². The molecule has 3 nitrogen and oxygen atoms in total. The summed E-state index contributed by atoms with van der Waals surface area (Å²) in [6.07, 6.45) is 3.26. The number of hydrogen-bond acceptors (Lipinski definition) is 3. The average molecular weight is 405 g/mol. The smallest absolute Gasteiger partial charge is 0.256 e. The molecule has 0 saturated heterocycles. The normalized spacial score (nSPS) is 16.2. The lowest BCUT2D eigenvalue weighted by molar-refractivity contribution is 0.102. The lowest BCUT2D eigenvalue weighted by Gasteiger charge is -2.34. The molecule has 3 aromatic rings. The van der Waals surface area contributed by atoms with Crippen LogP contribution in [0.25, 0.3) is 0 Å². The van der Waals surface area contributed by atoms with Crippen LogP contribution in [0.1, 0.15) is 48.0 Å². The molecule has 1 unspecified atom stereocenters. The molecule has 1 aliphatic rings. The average Bonchev–Trinajstić information content (AvgIpc) is 3.13. The molecule has 1 aromatic heterocycles. The van der Waals surface area contributed by atoms with Crippen LogP contribution in [0.4, 0.5) is 17.1 Å². The summed E-state index contributed by atoms with van der Waals surface area (Å²) in [6.45, 7) is 6.96. The zero-order valence-corrected chi connectivity index (χ0v) is 18.1. The Morgan fingerprint density at radius 3 is 2.31 bits per heavy atom. The van der Waals surface area contributed by atoms with Gasteiger partial charge in [0.25, 0.3) is 5.91 Å². The standard InChI is InChI=1S/C25H28N2OS/c1-25(2,3)17-9-14-21-22(16-29-23(21)15-17)24(28)27-20-12-10-19(11-13-20)26-18-7-5-4-6-8-18/h4-8,10-13,16-17,26H,9,14-15H2,1-3H3,(H,27,28). The number of nitrogens with one attached hydrogen (secondary N) is 2. The number of para-hydroxylation sites is 1. The summed E-state index contributed by atoms with van der Waals surface area (Å²) in [7, 11) is 0. The molecule has 0 spiro atoms. The van der Waals surface area contributed by atoms with E-state index < -0.39 is 0 Å². The van der Waals surface area contributed by atoms with Gasteiger partial charge < -0.3 is 10.6 Å². The summed E-state index contributed by atoms with van der Waals surface area (Å²) < 4.78 is 0. The fraction of sp³-hybridized carbons (Fsp3) is 0.320. The van der Waals surface area contributed by atoms with Gasteiger partial charge in [0.2, 0.25) is 0 Å². The minimum atomic E-state index is 0.000442. The zero-order chi connectivity index (χ0) is 20.4. The molecule has 1 atom stereocenters. The Balaban J connectivity index is 1.42. The minimum absolute atomic E-state index is 0.000442. The third-order valence-electron chi connectivity index (χ3n) is 5.83. The van der Waals surface area contributed by atoms with Crippen molar-refractivity contribution < 1.29 is 4.79 Å². The highest BCUT2D eigenvalue weighted by Crippen LogP contribution is 2.40. The van der Waals surface area contributed by atoms with Gasteiger partial charge in [-0.05, 0) is 72.6 Å². The quantitative estimate of drug-likeness (QED) is 0.497. The minimum Gasteiger partial charge on any atom is -0.356 e. The predicted octanol–water partition coefficient (Wildman–Crippen LogP) is 6.90. The first-order valence-corrected chi connectivity index (χ1v) is 11.1. The van der Waals surface area contributed by atoms with Crippen molar-refractivity contribution in [2.75, 3.05) is 10.6 Å². The Labute approximate surface area is 177 Å². The largest absolute Gasteiger partial charge is 0.356 e. The highest BCUT2D eigenvalue weighted by Gasteiger charge is 2.31. The second-order valence-electron chi connectivity index (χ2n) is 8.88. The van der Waals surface area contributed by atoms with E-state index >= 15 is 0 Å². The highest BCUT2D eigenvalue weighted by molar-refractivity contribution is 7.10. The number of benzene rings is 2. The SMILES string of the molecule is CC(C)(C)C1CCc2c(C(=O)Nc3ccc(Nc4ccccc4)cc3)csc2C1. The maximum absolute atomic E-state index is 12.9. The Hall–Kier alpha value is -2.59. The molecule has 0 bridgehead atoms. The van der Waals surface area contributed by atoms with E-state index in [0.717, 1.165) is 41.9 Å². The first-order valence-electron chi connectivity index (χ1n) is 10.2. The van der Waals surface area contributed by atoms with Gasteiger partial charge in [-0.2, -0.15) is 0 Å². The predicted molar refractivity (Wildman–Crippen MR) is 123 cm³/mol. The molecule has 1 heterocycles. The van der Waals surface area contributed by atoms with Gasteiger partial charge in [0.1, 0.15) is 0 Å². The molecule has 4 rings (SSSR count). The molecule has 1 amide bonds. The van der Waals surface area contributed by atoms with Gasteiger partial charge in [0.05, 0.1) is 5.56 Å². The van der Waals surface area contributed by atoms with Crippen LogP contribution < -0.4 is 10.6 Å². The lowest BCUT2D eigenvalue weighted by Crippen LogP contribution is -2.27. The fourth-order valence-corrected chi connectivity index (χ4v) is 5.13. The Bertz CT molecular complexity index is 984. The molecular formula is C25H28N2OS. The third-order valence-corrected chi connectivity index (χ3v) is 6.88. The first kappa shape index (κ1) is 19.7. The number of anilines is 3.